The summed E-state index contributed by atoms with van der Waals surface area (Å²) in [5.74, 6) is 2.23. The molecule has 4 aromatic rings. The highest BCUT2D eigenvalue weighted by Crippen LogP contribution is 2.29. The van der Waals surface area contributed by atoms with Gasteiger partial charge in [-0.1, -0.05) is 46.7 Å². The predicted molar refractivity (Wildman–Crippen MR) is 101 cm³/mol. The van der Waals surface area contributed by atoms with Crippen LogP contribution < -0.4 is 0 Å². The van der Waals surface area contributed by atoms with Crippen molar-refractivity contribution in [2.45, 2.75) is 10.9 Å². The molecule has 0 saturated heterocycles. The summed E-state index contributed by atoms with van der Waals surface area (Å²) in [5.41, 5.74) is 1.76. The van der Waals surface area contributed by atoms with Crippen molar-refractivity contribution >= 4 is 34.7 Å². The van der Waals surface area contributed by atoms with Crippen molar-refractivity contribution in [1.82, 2.24) is 19.9 Å². The maximum Gasteiger partial charge on any atom is 0.191 e. The average molecular weight is 389 g/mol. The van der Waals surface area contributed by atoms with Gasteiger partial charge in [0.25, 0.3) is 0 Å². The van der Waals surface area contributed by atoms with E-state index in [9.17, 15) is 0 Å². The van der Waals surface area contributed by atoms with Gasteiger partial charge in [0.15, 0.2) is 16.7 Å². The fourth-order valence-corrected chi connectivity index (χ4v) is 4.08. The molecule has 8 heteroatoms. The molecule has 0 atom stereocenters. The lowest BCUT2D eigenvalue weighted by molar-refractivity contribution is 0.426. The van der Waals surface area contributed by atoms with Gasteiger partial charge in [-0.15, -0.1) is 21.5 Å². The van der Waals surface area contributed by atoms with E-state index >= 15 is 0 Å². The van der Waals surface area contributed by atoms with Crippen LogP contribution in [0.15, 0.2) is 57.5 Å². The molecule has 126 valence electrons. The van der Waals surface area contributed by atoms with Crippen LogP contribution in [-0.4, -0.2) is 19.9 Å². The smallest absolute Gasteiger partial charge is 0.191 e. The summed E-state index contributed by atoms with van der Waals surface area (Å²) in [4.78, 5) is 1.10. The Labute approximate surface area is 157 Å². The van der Waals surface area contributed by atoms with E-state index in [0.29, 0.717) is 16.5 Å². The Morgan fingerprint density at radius 2 is 2.12 bits per heavy atom. The third kappa shape index (κ3) is 3.49. The van der Waals surface area contributed by atoms with Gasteiger partial charge in [-0.3, -0.25) is 0 Å². The molecule has 0 aliphatic heterocycles. The monoisotopic (exact) mass is 388 g/mol. The van der Waals surface area contributed by atoms with Gasteiger partial charge in [0, 0.05) is 29.5 Å². The van der Waals surface area contributed by atoms with E-state index in [0.717, 1.165) is 27.1 Å². The Kier molecular flexibility index (Phi) is 4.61. The molecule has 0 fully saturated rings. The summed E-state index contributed by atoms with van der Waals surface area (Å²) < 4.78 is 7.42. The molecule has 1 aromatic carbocycles. The zero-order valence-electron chi connectivity index (χ0n) is 13.2. The molecule has 0 aliphatic carbocycles. The molecular weight excluding hydrogens is 376 g/mol. The molecular formula is C17H13ClN4OS2. The molecule has 0 bridgehead atoms. The number of halogens is 1. The summed E-state index contributed by atoms with van der Waals surface area (Å²) in [7, 11) is 1.97. The van der Waals surface area contributed by atoms with E-state index in [2.05, 4.69) is 15.4 Å². The maximum absolute atomic E-state index is 6.02. The maximum atomic E-state index is 6.02. The van der Waals surface area contributed by atoms with Crippen LogP contribution in [0.3, 0.4) is 0 Å². The van der Waals surface area contributed by atoms with Crippen molar-refractivity contribution in [3.05, 3.63) is 58.6 Å². The largest absolute Gasteiger partial charge is 0.356 e. The second kappa shape index (κ2) is 7.03. The molecule has 0 radical (unpaired) electrons. The third-order valence-corrected chi connectivity index (χ3v) is 5.75. The summed E-state index contributed by atoms with van der Waals surface area (Å²) in [6.45, 7) is 0. The number of thiophene rings is 1. The van der Waals surface area contributed by atoms with Crippen molar-refractivity contribution in [2.24, 2.45) is 7.05 Å². The fraction of sp³-hybridized carbons (Fsp3) is 0.118. The highest BCUT2D eigenvalue weighted by Gasteiger charge is 2.13. The van der Waals surface area contributed by atoms with Gasteiger partial charge in [0.05, 0.1) is 10.6 Å². The van der Waals surface area contributed by atoms with Gasteiger partial charge < -0.3 is 9.09 Å². The predicted octanol–water partition coefficient (Wildman–Crippen LogP) is 5.14. The first-order valence-electron chi connectivity index (χ1n) is 7.48. The topological polar surface area (TPSA) is 56.7 Å². The van der Waals surface area contributed by atoms with Crippen LogP contribution in [0.5, 0.6) is 0 Å². The average Bonchev–Trinajstić information content (AvgIpc) is 3.34. The van der Waals surface area contributed by atoms with E-state index in [4.69, 9.17) is 16.1 Å². The first-order valence-corrected chi connectivity index (χ1v) is 9.72. The molecule has 0 N–H and O–H groups in total. The molecule has 3 aromatic heterocycles. The van der Waals surface area contributed by atoms with Gasteiger partial charge >= 0.3 is 0 Å². The van der Waals surface area contributed by atoms with Crippen molar-refractivity contribution in [3.63, 3.8) is 0 Å². The zero-order valence-corrected chi connectivity index (χ0v) is 15.6. The van der Waals surface area contributed by atoms with Crippen molar-refractivity contribution in [3.8, 4) is 22.0 Å². The Morgan fingerprint density at radius 1 is 1.20 bits per heavy atom. The third-order valence-electron chi connectivity index (χ3n) is 3.59. The second-order valence-electron chi connectivity index (χ2n) is 5.32. The van der Waals surface area contributed by atoms with E-state index in [-0.39, 0.29) is 0 Å². The Bertz CT molecular complexity index is 994. The molecule has 5 nitrogen and oxygen atoms in total. The standard InChI is InChI=1S/C17H13ClN4OS2/c1-22-16(15-6-3-7-24-15)19-20-17(22)25-10-13-9-14(23-21-13)11-4-2-5-12(18)8-11/h2-9H,10H2,1H3. The lowest BCUT2D eigenvalue weighted by atomic mass is 10.2. The Balaban J connectivity index is 1.48. The van der Waals surface area contributed by atoms with Crippen molar-refractivity contribution in [2.75, 3.05) is 0 Å². The van der Waals surface area contributed by atoms with Crippen LogP contribution in [0.2, 0.25) is 5.02 Å². The van der Waals surface area contributed by atoms with Crippen LogP contribution in [0.1, 0.15) is 5.69 Å². The van der Waals surface area contributed by atoms with Crippen molar-refractivity contribution in [1.29, 1.82) is 0 Å². The number of rotatable bonds is 5. The minimum absolute atomic E-state index is 0.653. The highest BCUT2D eigenvalue weighted by atomic mass is 35.5. The van der Waals surface area contributed by atoms with Crippen LogP contribution in [0.4, 0.5) is 0 Å². The van der Waals surface area contributed by atoms with E-state index in [1.807, 2.05) is 59.5 Å². The molecule has 0 spiro atoms. The Hall–Kier alpha value is -2.09. The molecule has 0 aliphatic rings. The van der Waals surface area contributed by atoms with E-state index < -0.39 is 0 Å². The van der Waals surface area contributed by atoms with Gasteiger partial charge in [0.2, 0.25) is 0 Å². The lowest BCUT2D eigenvalue weighted by Crippen LogP contribution is -1.93. The molecule has 25 heavy (non-hydrogen) atoms. The summed E-state index contributed by atoms with van der Waals surface area (Å²) in [5, 5.41) is 16.2. The zero-order chi connectivity index (χ0) is 17.2. The number of benzene rings is 1. The minimum atomic E-state index is 0.653. The minimum Gasteiger partial charge on any atom is -0.356 e. The van der Waals surface area contributed by atoms with Gasteiger partial charge in [-0.2, -0.15) is 0 Å². The normalized spacial score (nSPS) is 11.1. The first-order chi connectivity index (χ1) is 12.2. The van der Waals surface area contributed by atoms with Crippen LogP contribution in [-0.2, 0) is 12.8 Å². The lowest BCUT2D eigenvalue weighted by Gasteiger charge is -2.00. The van der Waals surface area contributed by atoms with Gasteiger partial charge in [0.1, 0.15) is 0 Å². The SMILES string of the molecule is Cn1c(SCc2cc(-c3cccc(Cl)c3)on2)nnc1-c1cccs1. The van der Waals surface area contributed by atoms with Crippen LogP contribution in [0, 0.1) is 0 Å². The Morgan fingerprint density at radius 3 is 2.92 bits per heavy atom. The number of nitrogens with zero attached hydrogens (tertiary/aromatic N) is 4. The molecule has 3 heterocycles. The van der Waals surface area contributed by atoms with Crippen molar-refractivity contribution < 1.29 is 4.52 Å². The molecule has 0 saturated carbocycles. The molecule has 4 rings (SSSR count). The first kappa shape index (κ1) is 16.4. The highest BCUT2D eigenvalue weighted by molar-refractivity contribution is 7.98. The number of aromatic nitrogens is 4. The second-order valence-corrected chi connectivity index (χ2v) is 7.65. The fourth-order valence-electron chi connectivity index (χ4n) is 2.36. The van der Waals surface area contributed by atoms with Crippen LogP contribution in [0.25, 0.3) is 22.0 Å². The van der Waals surface area contributed by atoms with Gasteiger partial charge in [-0.25, -0.2) is 0 Å². The van der Waals surface area contributed by atoms with E-state index in [1.165, 1.54) is 0 Å². The number of hydrogen-bond donors (Lipinski definition) is 0. The van der Waals surface area contributed by atoms with E-state index in [1.54, 1.807) is 23.1 Å². The summed E-state index contributed by atoms with van der Waals surface area (Å²) in [6.07, 6.45) is 0. The number of hydrogen-bond acceptors (Lipinski definition) is 6. The van der Waals surface area contributed by atoms with Crippen LogP contribution >= 0.6 is 34.7 Å². The summed E-state index contributed by atoms with van der Waals surface area (Å²) in [6, 6.07) is 13.5. The summed E-state index contributed by atoms with van der Waals surface area (Å²) >= 11 is 9.25. The van der Waals surface area contributed by atoms with Gasteiger partial charge in [-0.05, 0) is 23.6 Å². The molecule has 0 amide bonds. The molecule has 0 unspecified atom stereocenters. The quantitative estimate of drug-likeness (QED) is 0.443. The number of thioether (sulfide) groups is 1.